The number of likely N-dealkylation sites (tertiary alicyclic amines) is 1. The number of rotatable bonds is 4. The van der Waals surface area contributed by atoms with E-state index in [4.69, 9.17) is 4.74 Å². The van der Waals surface area contributed by atoms with E-state index in [9.17, 15) is 0 Å². The van der Waals surface area contributed by atoms with Crippen LogP contribution in [-0.2, 0) is 11.3 Å². The van der Waals surface area contributed by atoms with Gasteiger partial charge in [-0.2, -0.15) is 0 Å². The van der Waals surface area contributed by atoms with Crippen LogP contribution in [0, 0.1) is 5.92 Å². The van der Waals surface area contributed by atoms with Gasteiger partial charge >= 0.3 is 0 Å². The Labute approximate surface area is 136 Å². The van der Waals surface area contributed by atoms with E-state index in [1.807, 2.05) is 7.05 Å². The highest BCUT2D eigenvalue weighted by molar-refractivity contribution is 14.0. The number of methoxy groups -OCH3 is 1. The lowest BCUT2D eigenvalue weighted by atomic mass is 10.1. The van der Waals surface area contributed by atoms with Crippen molar-refractivity contribution in [1.29, 1.82) is 0 Å². The Morgan fingerprint density at radius 2 is 2.47 bits per heavy atom. The summed E-state index contributed by atoms with van der Waals surface area (Å²) in [6, 6.07) is 4.22. The van der Waals surface area contributed by atoms with Crippen molar-refractivity contribution >= 4 is 41.3 Å². The number of halogens is 1. The smallest absolute Gasteiger partial charge is 0.193 e. The van der Waals surface area contributed by atoms with Crippen LogP contribution >= 0.6 is 35.3 Å². The molecule has 1 N–H and O–H groups in total. The van der Waals surface area contributed by atoms with Crippen molar-refractivity contribution in [2.45, 2.75) is 13.0 Å². The van der Waals surface area contributed by atoms with Crippen molar-refractivity contribution in [3.05, 3.63) is 22.4 Å². The maximum atomic E-state index is 5.22. The third-order valence-corrected chi connectivity index (χ3v) is 4.08. The van der Waals surface area contributed by atoms with Gasteiger partial charge < -0.3 is 15.0 Å². The highest BCUT2D eigenvalue weighted by atomic mass is 127. The minimum absolute atomic E-state index is 0. The van der Waals surface area contributed by atoms with Crippen molar-refractivity contribution in [1.82, 2.24) is 10.2 Å². The molecule has 1 aliphatic rings. The average Bonchev–Trinajstić information content (AvgIpc) is 3.02. The lowest BCUT2D eigenvalue weighted by Gasteiger charge is -2.21. The molecule has 2 heterocycles. The van der Waals surface area contributed by atoms with Crippen molar-refractivity contribution in [3.8, 4) is 0 Å². The van der Waals surface area contributed by atoms with E-state index in [1.165, 1.54) is 11.3 Å². The zero-order chi connectivity index (χ0) is 12.8. The molecule has 0 bridgehead atoms. The van der Waals surface area contributed by atoms with E-state index in [2.05, 4.69) is 32.7 Å². The van der Waals surface area contributed by atoms with Crippen molar-refractivity contribution in [3.63, 3.8) is 0 Å². The summed E-state index contributed by atoms with van der Waals surface area (Å²) in [5, 5.41) is 5.52. The number of aliphatic imine (C=N–C) groups is 1. The van der Waals surface area contributed by atoms with Crippen LogP contribution in [0.4, 0.5) is 0 Å². The van der Waals surface area contributed by atoms with E-state index in [-0.39, 0.29) is 24.0 Å². The molecule has 4 nitrogen and oxygen atoms in total. The zero-order valence-electron chi connectivity index (χ0n) is 11.5. The van der Waals surface area contributed by atoms with E-state index < -0.39 is 0 Å². The summed E-state index contributed by atoms with van der Waals surface area (Å²) in [7, 11) is 3.62. The predicted octanol–water partition coefficient (Wildman–Crippen LogP) is 2.41. The molecule has 19 heavy (non-hydrogen) atoms. The molecule has 6 heteroatoms. The molecule has 2 rings (SSSR count). The van der Waals surface area contributed by atoms with Crippen LogP contribution < -0.4 is 5.32 Å². The summed E-state index contributed by atoms with van der Waals surface area (Å²) < 4.78 is 5.22. The molecule has 1 atom stereocenters. The molecule has 1 fully saturated rings. The molecule has 0 aromatic carbocycles. The first-order valence-corrected chi connectivity index (χ1v) is 7.18. The second-order valence-electron chi connectivity index (χ2n) is 4.54. The number of thiophene rings is 1. The van der Waals surface area contributed by atoms with Gasteiger partial charge in [-0.15, -0.1) is 35.3 Å². The number of nitrogens with zero attached hydrogens (tertiary/aromatic N) is 2. The molecule has 0 amide bonds. The van der Waals surface area contributed by atoms with Gasteiger partial charge in [0.15, 0.2) is 5.96 Å². The van der Waals surface area contributed by atoms with Gasteiger partial charge in [0, 0.05) is 38.0 Å². The Kier molecular flexibility index (Phi) is 7.70. The first-order valence-electron chi connectivity index (χ1n) is 6.30. The molecule has 0 aliphatic carbocycles. The lowest BCUT2D eigenvalue weighted by Crippen LogP contribution is -2.39. The van der Waals surface area contributed by atoms with Gasteiger partial charge in [0.1, 0.15) is 0 Å². The lowest BCUT2D eigenvalue weighted by molar-refractivity contribution is 0.157. The highest BCUT2D eigenvalue weighted by Gasteiger charge is 2.24. The van der Waals surface area contributed by atoms with Gasteiger partial charge in [-0.1, -0.05) is 6.07 Å². The van der Waals surface area contributed by atoms with Crippen LogP contribution in [0.15, 0.2) is 22.5 Å². The van der Waals surface area contributed by atoms with Crippen LogP contribution in [0.3, 0.4) is 0 Å². The van der Waals surface area contributed by atoms with Crippen LogP contribution in [-0.4, -0.2) is 44.7 Å². The van der Waals surface area contributed by atoms with Crippen molar-refractivity contribution in [2.24, 2.45) is 10.9 Å². The van der Waals surface area contributed by atoms with E-state index in [0.29, 0.717) is 5.92 Å². The molecular formula is C13H22IN3OS. The maximum Gasteiger partial charge on any atom is 0.193 e. The summed E-state index contributed by atoms with van der Waals surface area (Å²) in [4.78, 5) is 8.01. The molecule has 1 aromatic heterocycles. The normalized spacial score (nSPS) is 19.4. The standard InChI is InChI=1S/C13H21N3OS.HI/c1-14-13(15-8-12-4-3-7-18-12)16-6-5-11(9-16)10-17-2;/h3-4,7,11H,5-6,8-10H2,1-2H3,(H,14,15);1H. The number of ether oxygens (including phenoxy) is 1. The third-order valence-electron chi connectivity index (χ3n) is 3.20. The Bertz CT molecular complexity index is 383. The Hall–Kier alpha value is -0.340. The summed E-state index contributed by atoms with van der Waals surface area (Å²) in [5.74, 6) is 1.64. The Balaban J connectivity index is 0.00000180. The van der Waals surface area contributed by atoms with Gasteiger partial charge in [0.2, 0.25) is 0 Å². The van der Waals surface area contributed by atoms with E-state index in [1.54, 1.807) is 18.4 Å². The van der Waals surface area contributed by atoms with E-state index >= 15 is 0 Å². The third kappa shape index (κ3) is 4.92. The topological polar surface area (TPSA) is 36.9 Å². The molecule has 108 valence electrons. The summed E-state index contributed by atoms with van der Waals surface area (Å²) >= 11 is 1.77. The van der Waals surface area contributed by atoms with Gasteiger partial charge in [-0.3, -0.25) is 4.99 Å². The van der Waals surface area contributed by atoms with Crippen LogP contribution in [0.2, 0.25) is 0 Å². The number of hydrogen-bond acceptors (Lipinski definition) is 3. The summed E-state index contributed by atoms with van der Waals surface area (Å²) in [5.41, 5.74) is 0. The van der Waals surface area contributed by atoms with Gasteiger partial charge in [-0.25, -0.2) is 0 Å². The number of guanidine groups is 1. The average molecular weight is 395 g/mol. The van der Waals surface area contributed by atoms with Crippen molar-refractivity contribution in [2.75, 3.05) is 33.9 Å². The van der Waals surface area contributed by atoms with Gasteiger partial charge in [0.25, 0.3) is 0 Å². The SMILES string of the molecule is CN=C(NCc1cccs1)N1CCC(COC)C1.I. The summed E-state index contributed by atoms with van der Waals surface area (Å²) in [6.45, 7) is 3.81. The summed E-state index contributed by atoms with van der Waals surface area (Å²) in [6.07, 6.45) is 1.19. The highest BCUT2D eigenvalue weighted by Crippen LogP contribution is 2.16. The second kappa shape index (κ2) is 8.76. The van der Waals surface area contributed by atoms with Gasteiger partial charge in [-0.05, 0) is 17.9 Å². The molecule has 1 unspecified atom stereocenters. The van der Waals surface area contributed by atoms with Crippen molar-refractivity contribution < 1.29 is 4.74 Å². The van der Waals surface area contributed by atoms with Gasteiger partial charge in [0.05, 0.1) is 13.2 Å². The van der Waals surface area contributed by atoms with Crippen LogP contribution in [0.5, 0.6) is 0 Å². The van der Waals surface area contributed by atoms with Crippen LogP contribution in [0.25, 0.3) is 0 Å². The molecule has 0 radical (unpaired) electrons. The fourth-order valence-corrected chi connectivity index (χ4v) is 2.95. The maximum absolute atomic E-state index is 5.22. The first kappa shape index (κ1) is 16.7. The number of nitrogens with one attached hydrogen (secondary N) is 1. The largest absolute Gasteiger partial charge is 0.384 e. The zero-order valence-corrected chi connectivity index (χ0v) is 14.6. The fraction of sp³-hybridized carbons (Fsp3) is 0.615. The molecular weight excluding hydrogens is 373 g/mol. The molecule has 0 saturated carbocycles. The minimum atomic E-state index is 0. The predicted molar refractivity (Wildman–Crippen MR) is 91.5 cm³/mol. The second-order valence-corrected chi connectivity index (χ2v) is 5.57. The monoisotopic (exact) mass is 395 g/mol. The first-order chi connectivity index (χ1) is 8.83. The van der Waals surface area contributed by atoms with E-state index in [0.717, 1.165) is 32.2 Å². The molecule has 1 aliphatic heterocycles. The Morgan fingerprint density at radius 1 is 1.63 bits per heavy atom. The Morgan fingerprint density at radius 3 is 3.11 bits per heavy atom. The molecule has 0 spiro atoms. The molecule has 1 aromatic rings. The van der Waals surface area contributed by atoms with Crippen LogP contribution in [0.1, 0.15) is 11.3 Å². The minimum Gasteiger partial charge on any atom is -0.384 e. The number of hydrogen-bond donors (Lipinski definition) is 1. The quantitative estimate of drug-likeness (QED) is 0.483. The fourth-order valence-electron chi connectivity index (χ4n) is 2.31. The molecule has 1 saturated heterocycles.